The maximum absolute atomic E-state index is 13.2. The number of hydrogen-bond donors (Lipinski definition) is 1. The molecule has 0 bridgehead atoms. The van der Waals surface area contributed by atoms with Crippen LogP contribution < -0.4 is 10.2 Å². The maximum Gasteiger partial charge on any atom is 0.254 e. The zero-order valence-corrected chi connectivity index (χ0v) is 20.2. The third-order valence-electron chi connectivity index (χ3n) is 6.50. The molecular formula is C27H29N3O5. The van der Waals surface area contributed by atoms with Crippen molar-refractivity contribution in [1.82, 2.24) is 15.4 Å². The van der Waals surface area contributed by atoms with Crippen molar-refractivity contribution >= 4 is 27.8 Å². The van der Waals surface area contributed by atoms with E-state index in [-0.39, 0.29) is 11.9 Å². The fourth-order valence-corrected chi connectivity index (χ4v) is 4.75. The lowest BCUT2D eigenvalue weighted by Gasteiger charge is -2.24. The molecule has 1 atom stereocenters. The second-order valence-corrected chi connectivity index (χ2v) is 8.68. The molecule has 0 aliphatic carbocycles. The number of benzene rings is 2. The average Bonchev–Trinajstić information content (AvgIpc) is 3.45. The largest absolute Gasteiger partial charge is 0.461 e. The Morgan fingerprint density at radius 1 is 1.20 bits per heavy atom. The molecular weight excluding hydrogens is 446 g/mol. The molecule has 2 aromatic carbocycles. The molecule has 4 aromatic rings. The van der Waals surface area contributed by atoms with E-state index < -0.39 is 0 Å². The fraction of sp³-hybridized carbons (Fsp3) is 0.333. The SMILES string of the molecule is CNOCc1c(C)oc2cc(Oc3ccnc4cc(C(=O)N5CCC[C@H]5COC)ccc34)ccc12. The van der Waals surface area contributed by atoms with E-state index in [4.69, 9.17) is 18.7 Å². The van der Waals surface area contributed by atoms with Gasteiger partial charge in [0.25, 0.3) is 5.91 Å². The number of amides is 1. The summed E-state index contributed by atoms with van der Waals surface area (Å²) in [7, 11) is 3.40. The lowest BCUT2D eigenvalue weighted by molar-refractivity contribution is 0.0443. The van der Waals surface area contributed by atoms with Gasteiger partial charge in [0.05, 0.1) is 24.8 Å². The minimum atomic E-state index is 0.0104. The third-order valence-corrected chi connectivity index (χ3v) is 6.50. The number of aromatic nitrogens is 1. The third kappa shape index (κ3) is 4.60. The van der Waals surface area contributed by atoms with Gasteiger partial charge in [0.1, 0.15) is 22.8 Å². The van der Waals surface area contributed by atoms with Crippen molar-refractivity contribution in [2.24, 2.45) is 0 Å². The highest BCUT2D eigenvalue weighted by atomic mass is 16.6. The normalized spacial score (nSPS) is 15.9. The predicted octanol–water partition coefficient (Wildman–Crippen LogP) is 4.98. The molecule has 0 saturated carbocycles. The number of ether oxygens (including phenoxy) is 2. The van der Waals surface area contributed by atoms with Gasteiger partial charge < -0.3 is 18.8 Å². The van der Waals surface area contributed by atoms with Crippen LogP contribution in [0.25, 0.3) is 21.9 Å². The minimum Gasteiger partial charge on any atom is -0.461 e. The molecule has 1 aliphatic heterocycles. The van der Waals surface area contributed by atoms with E-state index in [1.165, 1.54) is 0 Å². The van der Waals surface area contributed by atoms with Crippen LogP contribution in [0, 0.1) is 6.92 Å². The monoisotopic (exact) mass is 475 g/mol. The van der Waals surface area contributed by atoms with Crippen LogP contribution in [0.2, 0.25) is 0 Å². The van der Waals surface area contributed by atoms with Gasteiger partial charge in [0.2, 0.25) is 0 Å². The van der Waals surface area contributed by atoms with Gasteiger partial charge in [0, 0.05) is 54.9 Å². The highest BCUT2D eigenvalue weighted by Crippen LogP contribution is 2.34. The summed E-state index contributed by atoms with van der Waals surface area (Å²) in [6.45, 7) is 3.64. The van der Waals surface area contributed by atoms with Gasteiger partial charge >= 0.3 is 0 Å². The number of furan rings is 1. The Balaban J connectivity index is 1.40. The summed E-state index contributed by atoms with van der Waals surface area (Å²) in [5.74, 6) is 2.13. The molecule has 1 fully saturated rings. The van der Waals surface area contributed by atoms with Crippen LogP contribution in [0.3, 0.4) is 0 Å². The molecule has 2 aromatic heterocycles. The Morgan fingerprint density at radius 3 is 2.89 bits per heavy atom. The molecule has 0 radical (unpaired) electrons. The lowest BCUT2D eigenvalue weighted by Crippen LogP contribution is -2.38. The predicted molar refractivity (Wildman–Crippen MR) is 133 cm³/mol. The Morgan fingerprint density at radius 2 is 2.06 bits per heavy atom. The first-order chi connectivity index (χ1) is 17.1. The van der Waals surface area contributed by atoms with Crippen molar-refractivity contribution in [3.8, 4) is 11.5 Å². The van der Waals surface area contributed by atoms with E-state index in [1.54, 1.807) is 20.4 Å². The van der Waals surface area contributed by atoms with Crippen LogP contribution in [0.15, 0.2) is 53.1 Å². The van der Waals surface area contributed by atoms with Crippen LogP contribution in [-0.2, 0) is 16.2 Å². The van der Waals surface area contributed by atoms with E-state index in [9.17, 15) is 4.79 Å². The van der Waals surface area contributed by atoms with Crippen molar-refractivity contribution in [1.29, 1.82) is 0 Å². The Bertz CT molecular complexity index is 1370. The van der Waals surface area contributed by atoms with Gasteiger partial charge in [-0.15, -0.1) is 0 Å². The molecule has 1 N–H and O–H groups in total. The zero-order chi connectivity index (χ0) is 24.4. The molecule has 1 amide bonds. The first-order valence-electron chi connectivity index (χ1n) is 11.8. The zero-order valence-electron chi connectivity index (χ0n) is 20.2. The van der Waals surface area contributed by atoms with Gasteiger partial charge in [-0.05, 0) is 56.2 Å². The van der Waals surface area contributed by atoms with E-state index in [0.29, 0.717) is 35.8 Å². The van der Waals surface area contributed by atoms with Crippen molar-refractivity contribution in [2.45, 2.75) is 32.4 Å². The fourth-order valence-electron chi connectivity index (χ4n) is 4.75. The summed E-state index contributed by atoms with van der Waals surface area (Å²) in [5, 5.41) is 1.82. The summed E-state index contributed by atoms with van der Waals surface area (Å²) in [6.07, 6.45) is 3.65. The van der Waals surface area contributed by atoms with E-state index in [2.05, 4.69) is 10.5 Å². The number of methoxy groups -OCH3 is 1. The smallest absolute Gasteiger partial charge is 0.254 e. The van der Waals surface area contributed by atoms with E-state index >= 15 is 0 Å². The summed E-state index contributed by atoms with van der Waals surface area (Å²) in [4.78, 5) is 24.9. The van der Waals surface area contributed by atoms with Gasteiger partial charge in [-0.1, -0.05) is 0 Å². The molecule has 8 heteroatoms. The van der Waals surface area contributed by atoms with Crippen molar-refractivity contribution in [2.75, 3.05) is 27.3 Å². The molecule has 0 unspecified atom stereocenters. The molecule has 35 heavy (non-hydrogen) atoms. The summed E-state index contributed by atoms with van der Waals surface area (Å²) < 4.78 is 17.4. The van der Waals surface area contributed by atoms with Gasteiger partial charge in [-0.2, -0.15) is 0 Å². The number of carbonyl (C=O) groups is 1. The Labute approximate surface area is 203 Å². The van der Waals surface area contributed by atoms with Crippen molar-refractivity contribution in [3.63, 3.8) is 0 Å². The van der Waals surface area contributed by atoms with Gasteiger partial charge in [-0.3, -0.25) is 14.6 Å². The molecule has 182 valence electrons. The number of hydroxylamine groups is 1. The maximum atomic E-state index is 13.2. The number of fused-ring (bicyclic) bond motifs is 2. The Hall–Kier alpha value is -3.46. The molecule has 8 nitrogen and oxygen atoms in total. The number of likely N-dealkylation sites (tertiary alicyclic amines) is 1. The number of nitrogens with zero attached hydrogens (tertiary/aromatic N) is 2. The highest BCUT2D eigenvalue weighted by molar-refractivity contribution is 5.99. The minimum absolute atomic E-state index is 0.0104. The second-order valence-electron chi connectivity index (χ2n) is 8.68. The van der Waals surface area contributed by atoms with E-state index in [0.717, 1.165) is 47.1 Å². The van der Waals surface area contributed by atoms with E-state index in [1.807, 2.05) is 54.3 Å². The van der Waals surface area contributed by atoms with Crippen LogP contribution >= 0.6 is 0 Å². The number of carbonyl (C=O) groups excluding carboxylic acids is 1. The summed E-state index contributed by atoms with van der Waals surface area (Å²) >= 11 is 0. The van der Waals surface area contributed by atoms with Crippen molar-refractivity contribution in [3.05, 3.63) is 65.5 Å². The first kappa shape index (κ1) is 23.3. The molecule has 5 rings (SSSR count). The van der Waals surface area contributed by atoms with Crippen LogP contribution in [0.5, 0.6) is 11.5 Å². The number of rotatable bonds is 8. The second kappa shape index (κ2) is 10.0. The number of nitrogens with one attached hydrogen (secondary N) is 1. The first-order valence-corrected chi connectivity index (χ1v) is 11.8. The molecule has 1 aliphatic rings. The standard InChI is InChI=1S/C27H29N3O5/c1-17-23(16-33-28-2)21-9-7-20(14-26(21)34-17)35-25-10-11-29-24-13-18(6-8-22(24)25)27(31)30-12-4-5-19(30)15-32-3/h6-11,13-14,19,28H,4-5,12,15-16H2,1-3H3/t19-/m0/s1. The van der Waals surface area contributed by atoms with Crippen LogP contribution in [0.4, 0.5) is 0 Å². The lowest BCUT2D eigenvalue weighted by atomic mass is 10.1. The van der Waals surface area contributed by atoms with Gasteiger partial charge in [-0.25, -0.2) is 5.48 Å². The number of aryl methyl sites for hydroxylation is 1. The quantitative estimate of drug-likeness (QED) is 0.360. The summed E-state index contributed by atoms with van der Waals surface area (Å²) in [6, 6.07) is 13.3. The number of pyridine rings is 1. The number of hydrogen-bond acceptors (Lipinski definition) is 7. The molecule has 3 heterocycles. The van der Waals surface area contributed by atoms with Crippen LogP contribution in [0.1, 0.15) is 34.5 Å². The summed E-state index contributed by atoms with van der Waals surface area (Å²) in [5.41, 5.74) is 5.75. The van der Waals surface area contributed by atoms with Crippen LogP contribution in [-0.4, -0.2) is 49.1 Å². The molecule has 1 saturated heterocycles. The average molecular weight is 476 g/mol. The topological polar surface area (TPSA) is 86.1 Å². The molecule has 0 spiro atoms. The van der Waals surface area contributed by atoms with Gasteiger partial charge in [0.15, 0.2) is 0 Å². The van der Waals surface area contributed by atoms with Crippen molar-refractivity contribution < 1.29 is 23.5 Å². The highest BCUT2D eigenvalue weighted by Gasteiger charge is 2.29. The Kier molecular flexibility index (Phi) is 6.68.